The number of rotatable bonds is 4. The number of halogens is 2. The molecule has 128 valence electrons. The second-order valence-electron chi connectivity index (χ2n) is 4.95. The van der Waals surface area contributed by atoms with Crippen molar-refractivity contribution < 1.29 is 14.3 Å². The van der Waals surface area contributed by atoms with Crippen molar-refractivity contribution in [2.45, 2.75) is 6.92 Å². The van der Waals surface area contributed by atoms with Gasteiger partial charge in [0.1, 0.15) is 0 Å². The van der Waals surface area contributed by atoms with E-state index in [1.165, 1.54) is 4.52 Å². The molecule has 1 aromatic carbocycles. The van der Waals surface area contributed by atoms with Crippen LogP contribution < -0.4 is 5.32 Å². The molecule has 0 saturated carbocycles. The summed E-state index contributed by atoms with van der Waals surface area (Å²) in [5, 5.41) is 7.03. The van der Waals surface area contributed by atoms with Gasteiger partial charge in [-0.15, -0.1) is 5.10 Å². The molecule has 1 amide bonds. The number of hydrogen-bond acceptors (Lipinski definition) is 6. The van der Waals surface area contributed by atoms with Gasteiger partial charge in [0.05, 0.1) is 15.7 Å². The number of nitrogens with one attached hydrogen (secondary N) is 1. The fourth-order valence-corrected chi connectivity index (χ4v) is 2.47. The normalized spacial score (nSPS) is 10.7. The lowest BCUT2D eigenvalue weighted by atomic mass is 10.3. The summed E-state index contributed by atoms with van der Waals surface area (Å²) in [4.78, 5) is 31.9. The summed E-state index contributed by atoms with van der Waals surface area (Å²) in [6, 6.07) is 6.51. The van der Waals surface area contributed by atoms with Crippen molar-refractivity contribution >= 4 is 46.5 Å². The van der Waals surface area contributed by atoms with Crippen molar-refractivity contribution in [3.63, 3.8) is 0 Å². The molecule has 1 N–H and O–H groups in total. The zero-order valence-electron chi connectivity index (χ0n) is 12.9. The summed E-state index contributed by atoms with van der Waals surface area (Å²) in [6.07, 6.45) is 1.55. The molecule has 3 aromatic rings. The van der Waals surface area contributed by atoms with Crippen molar-refractivity contribution in [1.29, 1.82) is 0 Å². The van der Waals surface area contributed by atoms with E-state index in [9.17, 15) is 9.59 Å². The van der Waals surface area contributed by atoms with Crippen LogP contribution in [0.15, 0.2) is 30.5 Å². The van der Waals surface area contributed by atoms with E-state index < -0.39 is 18.5 Å². The van der Waals surface area contributed by atoms with E-state index in [1.54, 1.807) is 37.4 Å². The SMILES string of the molecule is Cc1ccnc2nc(C(=O)OCC(=O)Nc3c(Cl)cccc3Cl)nn12. The first-order valence-electron chi connectivity index (χ1n) is 7.05. The molecule has 3 rings (SSSR count). The molecule has 8 nitrogen and oxygen atoms in total. The van der Waals surface area contributed by atoms with Gasteiger partial charge in [0.2, 0.25) is 0 Å². The smallest absolute Gasteiger partial charge is 0.378 e. The van der Waals surface area contributed by atoms with Crippen LogP contribution in [0.1, 0.15) is 16.3 Å². The van der Waals surface area contributed by atoms with Gasteiger partial charge in [-0.25, -0.2) is 14.3 Å². The van der Waals surface area contributed by atoms with Gasteiger partial charge in [-0.05, 0) is 25.1 Å². The Kier molecular flexibility index (Phi) is 4.82. The van der Waals surface area contributed by atoms with Gasteiger partial charge in [-0.2, -0.15) is 4.98 Å². The second-order valence-corrected chi connectivity index (χ2v) is 5.77. The number of aryl methyl sites for hydroxylation is 1. The summed E-state index contributed by atoms with van der Waals surface area (Å²) in [5.74, 6) is -1.36. The first kappa shape index (κ1) is 17.1. The Hall–Kier alpha value is -2.71. The summed E-state index contributed by atoms with van der Waals surface area (Å²) in [7, 11) is 0. The molecule has 0 aliphatic heterocycles. The molecule has 10 heteroatoms. The number of esters is 1. The van der Waals surface area contributed by atoms with Crippen molar-refractivity contribution in [1.82, 2.24) is 19.6 Å². The third-order valence-corrected chi connectivity index (χ3v) is 3.80. The number of ether oxygens (including phenoxy) is 1. The number of amides is 1. The van der Waals surface area contributed by atoms with Crippen molar-refractivity contribution in [2.75, 3.05) is 11.9 Å². The number of nitrogens with zero attached hydrogens (tertiary/aromatic N) is 4. The number of carbonyl (C=O) groups excluding carboxylic acids is 2. The molecule has 25 heavy (non-hydrogen) atoms. The Balaban J connectivity index is 1.65. The van der Waals surface area contributed by atoms with E-state index in [0.29, 0.717) is 0 Å². The number of benzene rings is 1. The van der Waals surface area contributed by atoms with Gasteiger partial charge in [0.15, 0.2) is 6.61 Å². The molecule has 0 atom stereocenters. The highest BCUT2D eigenvalue weighted by Crippen LogP contribution is 2.29. The minimum absolute atomic E-state index is 0.189. The van der Waals surface area contributed by atoms with Crippen LogP contribution in [0, 0.1) is 6.92 Å². The van der Waals surface area contributed by atoms with E-state index in [-0.39, 0.29) is 27.3 Å². The van der Waals surface area contributed by atoms with Gasteiger partial charge in [-0.3, -0.25) is 4.79 Å². The number of aromatic nitrogens is 4. The van der Waals surface area contributed by atoms with Crippen LogP contribution in [-0.2, 0) is 9.53 Å². The predicted molar refractivity (Wildman–Crippen MR) is 90.9 cm³/mol. The standard InChI is InChI=1S/C15H11Cl2N5O3/c1-8-5-6-18-15-20-13(21-22(8)15)14(24)25-7-11(23)19-12-9(16)3-2-4-10(12)17/h2-6H,7H2,1H3,(H,19,23). The molecule has 2 aromatic heterocycles. The van der Waals surface area contributed by atoms with Crippen molar-refractivity contribution in [3.8, 4) is 0 Å². The maximum atomic E-state index is 12.0. The van der Waals surface area contributed by atoms with Gasteiger partial charge in [0, 0.05) is 11.9 Å². The average molecular weight is 380 g/mol. The van der Waals surface area contributed by atoms with E-state index >= 15 is 0 Å². The van der Waals surface area contributed by atoms with Crippen LogP contribution in [0.25, 0.3) is 5.78 Å². The molecule has 0 aliphatic carbocycles. The Morgan fingerprint density at radius 1 is 1.24 bits per heavy atom. The van der Waals surface area contributed by atoms with Gasteiger partial charge in [-0.1, -0.05) is 29.3 Å². The van der Waals surface area contributed by atoms with Crippen LogP contribution in [0.2, 0.25) is 10.0 Å². The fourth-order valence-electron chi connectivity index (χ4n) is 1.98. The number of hydrogen-bond donors (Lipinski definition) is 1. The Morgan fingerprint density at radius 2 is 1.96 bits per heavy atom. The Morgan fingerprint density at radius 3 is 2.64 bits per heavy atom. The average Bonchev–Trinajstić information content (AvgIpc) is 3.02. The van der Waals surface area contributed by atoms with E-state index in [4.69, 9.17) is 27.9 Å². The molecular formula is C15H11Cl2N5O3. The van der Waals surface area contributed by atoms with Crippen LogP contribution in [0.3, 0.4) is 0 Å². The molecular weight excluding hydrogens is 369 g/mol. The lowest BCUT2D eigenvalue weighted by Gasteiger charge is -2.08. The first-order chi connectivity index (χ1) is 12.0. The summed E-state index contributed by atoms with van der Waals surface area (Å²) in [6.45, 7) is 1.25. The highest BCUT2D eigenvalue weighted by Gasteiger charge is 2.18. The zero-order chi connectivity index (χ0) is 18.0. The molecule has 0 saturated heterocycles. The maximum absolute atomic E-state index is 12.0. The molecule has 0 spiro atoms. The predicted octanol–water partition coefficient (Wildman–Crippen LogP) is 2.54. The summed E-state index contributed by atoms with van der Waals surface area (Å²) < 4.78 is 6.31. The molecule has 0 aliphatic rings. The topological polar surface area (TPSA) is 98.5 Å². The minimum atomic E-state index is -0.842. The van der Waals surface area contributed by atoms with Crippen LogP contribution in [0.5, 0.6) is 0 Å². The second kappa shape index (κ2) is 7.04. The van der Waals surface area contributed by atoms with E-state index in [0.717, 1.165) is 5.69 Å². The third-order valence-electron chi connectivity index (χ3n) is 3.17. The quantitative estimate of drug-likeness (QED) is 0.699. The van der Waals surface area contributed by atoms with Crippen LogP contribution >= 0.6 is 23.2 Å². The zero-order valence-corrected chi connectivity index (χ0v) is 14.4. The maximum Gasteiger partial charge on any atom is 0.378 e. The largest absolute Gasteiger partial charge is 0.450 e. The van der Waals surface area contributed by atoms with E-state index in [2.05, 4.69) is 20.4 Å². The van der Waals surface area contributed by atoms with Gasteiger partial charge < -0.3 is 10.1 Å². The molecule has 0 fully saturated rings. The lowest BCUT2D eigenvalue weighted by molar-refractivity contribution is -0.119. The van der Waals surface area contributed by atoms with Gasteiger partial charge in [0.25, 0.3) is 17.5 Å². The monoisotopic (exact) mass is 379 g/mol. The number of anilines is 1. The highest BCUT2D eigenvalue weighted by molar-refractivity contribution is 6.39. The van der Waals surface area contributed by atoms with E-state index in [1.807, 2.05) is 0 Å². The van der Waals surface area contributed by atoms with Crippen molar-refractivity contribution in [2.24, 2.45) is 0 Å². The third kappa shape index (κ3) is 3.70. The highest BCUT2D eigenvalue weighted by atomic mass is 35.5. The number of para-hydroxylation sites is 1. The Labute approximate surface area is 151 Å². The number of carbonyl (C=O) groups is 2. The van der Waals surface area contributed by atoms with Crippen LogP contribution in [0.4, 0.5) is 5.69 Å². The first-order valence-corrected chi connectivity index (χ1v) is 7.80. The van der Waals surface area contributed by atoms with Crippen LogP contribution in [-0.4, -0.2) is 38.1 Å². The fraction of sp³-hybridized carbons (Fsp3) is 0.133. The molecule has 0 bridgehead atoms. The Bertz CT molecular complexity index is 953. The van der Waals surface area contributed by atoms with Gasteiger partial charge >= 0.3 is 5.97 Å². The van der Waals surface area contributed by atoms with Crippen molar-refractivity contribution in [3.05, 3.63) is 52.0 Å². The summed E-state index contributed by atoms with van der Waals surface area (Å²) in [5.41, 5.74) is 1.00. The lowest BCUT2D eigenvalue weighted by Crippen LogP contribution is -2.21. The summed E-state index contributed by atoms with van der Waals surface area (Å²) >= 11 is 11.9. The molecule has 0 radical (unpaired) electrons. The minimum Gasteiger partial charge on any atom is -0.450 e. The molecule has 2 heterocycles. The molecule has 0 unspecified atom stereocenters. The number of fused-ring (bicyclic) bond motifs is 1.